The van der Waals surface area contributed by atoms with E-state index in [2.05, 4.69) is 169 Å². The molecule has 14 heterocycles. The zero-order chi connectivity index (χ0) is 66.7. The van der Waals surface area contributed by atoms with E-state index in [4.69, 9.17) is 25.5 Å². The highest BCUT2D eigenvalue weighted by atomic mass is 19.1. The highest BCUT2D eigenvalue weighted by Crippen LogP contribution is 2.43. The van der Waals surface area contributed by atoms with Gasteiger partial charge in [0.2, 0.25) is 0 Å². The minimum absolute atomic E-state index is 0.215. The number of rotatable bonds is 9. The lowest BCUT2D eigenvalue weighted by atomic mass is 9.74. The number of piperidine rings is 2. The highest BCUT2D eigenvalue weighted by molar-refractivity contribution is 5.76. The zero-order valence-corrected chi connectivity index (χ0v) is 56.0. The van der Waals surface area contributed by atoms with E-state index in [-0.39, 0.29) is 5.82 Å². The fraction of sp³-hybridized carbons (Fsp3) is 0.284. The Morgan fingerprint density at radius 1 is 0.525 bits per heavy atom. The summed E-state index contributed by atoms with van der Waals surface area (Å²) in [6.07, 6.45) is 29.2. The third-order valence-electron chi connectivity index (χ3n) is 21.3. The van der Waals surface area contributed by atoms with Crippen molar-refractivity contribution in [1.82, 2.24) is 57.6 Å². The molecule has 5 aromatic carbocycles. The fourth-order valence-corrected chi connectivity index (χ4v) is 16.1. The smallest absolute Gasteiger partial charge is 0.161 e. The number of nitrogens with one attached hydrogen (secondary N) is 1. The predicted molar refractivity (Wildman–Crippen MR) is 388 cm³/mol. The van der Waals surface area contributed by atoms with Gasteiger partial charge in [0.05, 0.1) is 63.6 Å². The molecule has 99 heavy (non-hydrogen) atoms. The lowest BCUT2D eigenvalue weighted by Gasteiger charge is -2.53. The Bertz CT molecular complexity index is 5040. The van der Waals surface area contributed by atoms with Gasteiger partial charge in [-0.25, -0.2) is 24.3 Å². The van der Waals surface area contributed by atoms with Crippen molar-refractivity contribution in [3.8, 4) is 97.1 Å². The normalized spacial score (nSPS) is 16.6. The summed E-state index contributed by atoms with van der Waals surface area (Å²) in [5.41, 5.74) is 21.6. The Hall–Kier alpha value is -11.1. The number of aromatic nitrogens is 10. The van der Waals surface area contributed by atoms with Crippen LogP contribution in [0.3, 0.4) is 0 Å². The molecule has 1 unspecified atom stereocenters. The molecule has 4 fully saturated rings. The Balaban J connectivity index is 0.000000111. The summed E-state index contributed by atoms with van der Waals surface area (Å²) in [4.78, 5) is 28.6. The van der Waals surface area contributed by atoms with Gasteiger partial charge in [-0.15, -0.1) is 0 Å². The molecule has 1 atom stereocenters. The maximum atomic E-state index is 13.4. The molecule has 1 spiro atoms. The standard InChI is InChI=1S/C28H30FN5.C28H26N6.C25H22N6/c1-31(2)12-9-20-10-13-32(17-20)25-7-8-26-23(15-25)19-33-18-22(21-3-5-24(29)6-4-21)16-27(33)28-30-11-14-34(26)28;29-14-20-2-4-21(5-3-20)22-13-26-27-31-10-11-34(27)25-7-6-24(12-23(25)16-32(26)15-22)33-18-28(19-33)8-1-9-30-17-28;26-14-18-4-6-19(7-5-18)20-12-22-25-27-8-11-31(25)23-15-28-24(29-9-2-1-3-10-29)13-21(23)17-30(22)16-20/h3-8,11,14-16,18,20H,9-10,12-13,17,19H2,1-2H3;2-7,10-13,15,30H,1,8-9,16-19H2;4-8,11-13,15-16H,1-3,9-10,17H2. The first kappa shape index (κ1) is 61.5. The third kappa shape index (κ3) is 11.9. The van der Waals surface area contributed by atoms with E-state index in [0.717, 1.165) is 164 Å². The first-order valence-corrected chi connectivity index (χ1v) is 34.9. The van der Waals surface area contributed by atoms with Crippen LogP contribution in [-0.4, -0.2) is 125 Å². The van der Waals surface area contributed by atoms with Crippen LogP contribution in [0.5, 0.6) is 0 Å². The van der Waals surface area contributed by atoms with Gasteiger partial charge >= 0.3 is 0 Å². The molecule has 0 saturated carbocycles. The van der Waals surface area contributed by atoms with Gasteiger partial charge in [-0.05, 0) is 203 Å². The predicted octanol–water partition coefficient (Wildman–Crippen LogP) is 14.3. The van der Waals surface area contributed by atoms with Crippen molar-refractivity contribution < 1.29 is 4.39 Å². The average molecular weight is 1310 g/mol. The summed E-state index contributed by atoms with van der Waals surface area (Å²) in [6.45, 7) is 12.5. The molecule has 0 bridgehead atoms. The molecule has 7 aromatic heterocycles. The zero-order valence-electron chi connectivity index (χ0n) is 56.0. The van der Waals surface area contributed by atoms with Crippen LogP contribution >= 0.6 is 0 Å². The van der Waals surface area contributed by atoms with Gasteiger partial charge in [-0.1, -0.05) is 36.4 Å². The lowest BCUT2D eigenvalue weighted by molar-refractivity contribution is 0.157. The number of benzene rings is 5. The molecule has 1 N–H and O–H groups in total. The SMILES string of the molecule is CN(C)CCC1CCN(c2ccc3c(c2)Cn2cc(-c4ccc(F)cc4)cc2-c2nccn2-3)C1.N#Cc1ccc(-c2cc3n(c2)Cc2cc(N4CC5(CCCNC5)C4)ccc2-n2ccnc2-3)cc1.N#Cc1ccc(-c2cc3n(c2)Cc2cc(N4CCCCC4)ncc2-n2ccnc2-3)cc1. The number of nitrogens with zero attached hydrogens (tertiary/aromatic N) is 16. The first-order valence-electron chi connectivity index (χ1n) is 34.9. The van der Waals surface area contributed by atoms with Crippen LogP contribution in [0.2, 0.25) is 0 Å². The summed E-state index contributed by atoms with van der Waals surface area (Å²) >= 11 is 0. The number of halogens is 1. The minimum atomic E-state index is -0.215. The molecule has 494 valence electrons. The Labute approximate surface area is 576 Å². The van der Waals surface area contributed by atoms with Crippen LogP contribution in [0.25, 0.3) is 85.0 Å². The van der Waals surface area contributed by atoms with Crippen LogP contribution in [-0.2, 0) is 19.6 Å². The van der Waals surface area contributed by atoms with Crippen molar-refractivity contribution in [2.45, 2.75) is 64.6 Å². The van der Waals surface area contributed by atoms with E-state index in [0.29, 0.717) is 16.5 Å². The van der Waals surface area contributed by atoms with Crippen LogP contribution < -0.4 is 20.0 Å². The Morgan fingerprint density at radius 3 is 1.52 bits per heavy atom. The monoisotopic (exact) mass is 1310 g/mol. The van der Waals surface area contributed by atoms with Crippen LogP contribution in [0, 0.1) is 39.8 Å². The number of anilines is 3. The molecule has 18 heteroatoms. The third-order valence-corrected chi connectivity index (χ3v) is 21.3. The fourth-order valence-electron chi connectivity index (χ4n) is 16.1. The molecule has 0 aliphatic carbocycles. The van der Waals surface area contributed by atoms with Gasteiger partial charge in [0.25, 0.3) is 0 Å². The van der Waals surface area contributed by atoms with Gasteiger partial charge in [0, 0.05) is 160 Å². The van der Waals surface area contributed by atoms with Crippen LogP contribution in [0.1, 0.15) is 72.8 Å². The van der Waals surface area contributed by atoms with E-state index in [1.165, 1.54) is 96.5 Å². The van der Waals surface area contributed by atoms with Gasteiger partial charge in [-0.3, -0.25) is 13.7 Å². The largest absolute Gasteiger partial charge is 0.371 e. The van der Waals surface area contributed by atoms with E-state index in [1.807, 2.05) is 97.8 Å². The molecule has 0 radical (unpaired) electrons. The van der Waals surface area contributed by atoms with Gasteiger partial charge in [0.1, 0.15) is 11.6 Å². The molecule has 12 aromatic rings. The van der Waals surface area contributed by atoms with E-state index in [1.54, 1.807) is 0 Å². The molecule has 7 aliphatic rings. The second-order valence-electron chi connectivity index (χ2n) is 28.1. The average Bonchev–Trinajstić information content (AvgIpc) is 1.59. The molecule has 17 nitrogen and oxygen atoms in total. The minimum Gasteiger partial charge on any atom is -0.371 e. The number of fused-ring (bicyclic) bond motifs is 15. The summed E-state index contributed by atoms with van der Waals surface area (Å²) in [5.74, 6) is 4.43. The van der Waals surface area contributed by atoms with Crippen molar-refractivity contribution in [3.05, 3.63) is 229 Å². The van der Waals surface area contributed by atoms with Crippen molar-refractivity contribution in [1.29, 1.82) is 10.5 Å². The topological polar surface area (TPSA) is 154 Å². The van der Waals surface area contributed by atoms with E-state index in [9.17, 15) is 4.39 Å². The number of pyridine rings is 1. The molecular weight excluding hydrogens is 1230 g/mol. The number of hydrogen-bond acceptors (Lipinski definition) is 11. The van der Waals surface area contributed by atoms with E-state index < -0.39 is 0 Å². The van der Waals surface area contributed by atoms with Gasteiger partial charge in [0.15, 0.2) is 17.5 Å². The molecular formula is C81H78FN17. The number of nitriles is 2. The summed E-state index contributed by atoms with van der Waals surface area (Å²) in [6, 6.07) is 49.2. The number of hydrogen-bond donors (Lipinski definition) is 1. The van der Waals surface area contributed by atoms with Crippen molar-refractivity contribution in [3.63, 3.8) is 0 Å². The first-order chi connectivity index (χ1) is 48.6. The van der Waals surface area contributed by atoms with Crippen molar-refractivity contribution in [2.24, 2.45) is 11.3 Å². The van der Waals surface area contributed by atoms with E-state index >= 15 is 0 Å². The van der Waals surface area contributed by atoms with Gasteiger partial charge < -0.3 is 38.6 Å². The van der Waals surface area contributed by atoms with Crippen LogP contribution in [0.4, 0.5) is 21.6 Å². The van der Waals surface area contributed by atoms with Crippen LogP contribution in [0.15, 0.2) is 195 Å². The molecule has 19 rings (SSSR count). The summed E-state index contributed by atoms with van der Waals surface area (Å²) in [5, 5.41) is 21.8. The van der Waals surface area contributed by atoms with Crippen molar-refractivity contribution >= 4 is 17.2 Å². The summed E-state index contributed by atoms with van der Waals surface area (Å²) < 4.78 is 26.9. The number of imidazole rings is 3. The molecule has 4 saturated heterocycles. The molecule has 0 amide bonds. The van der Waals surface area contributed by atoms with Crippen molar-refractivity contribution in [2.75, 3.05) is 87.7 Å². The maximum absolute atomic E-state index is 13.4. The molecule has 7 aliphatic heterocycles. The summed E-state index contributed by atoms with van der Waals surface area (Å²) in [7, 11) is 4.31. The second-order valence-corrected chi connectivity index (χ2v) is 28.1. The highest BCUT2D eigenvalue weighted by Gasteiger charge is 2.44. The second kappa shape index (κ2) is 25.7. The Morgan fingerprint density at radius 2 is 1.02 bits per heavy atom. The maximum Gasteiger partial charge on any atom is 0.161 e. The van der Waals surface area contributed by atoms with Gasteiger partial charge in [-0.2, -0.15) is 10.5 Å². The Kier molecular flexibility index (Phi) is 16.0. The quantitative estimate of drug-likeness (QED) is 0.147. The lowest BCUT2D eigenvalue weighted by Crippen LogP contribution is -2.62.